The van der Waals surface area contributed by atoms with E-state index < -0.39 is 10.8 Å². The number of fused-ring (bicyclic) bond motifs is 1. The molecule has 1 aliphatic heterocycles. The van der Waals surface area contributed by atoms with Gasteiger partial charge < -0.3 is 5.32 Å². The fourth-order valence-electron chi connectivity index (χ4n) is 2.64. The molecule has 1 N–H and O–H groups in total. The molecule has 1 amide bonds. The van der Waals surface area contributed by atoms with Crippen molar-refractivity contribution in [1.82, 2.24) is 9.78 Å². The number of benzene rings is 1. The van der Waals surface area contributed by atoms with Crippen molar-refractivity contribution in [2.24, 2.45) is 0 Å². The zero-order chi connectivity index (χ0) is 17.3. The van der Waals surface area contributed by atoms with E-state index in [0.717, 1.165) is 16.8 Å². The van der Waals surface area contributed by atoms with Crippen molar-refractivity contribution < 1.29 is 9.00 Å². The van der Waals surface area contributed by atoms with Crippen LogP contribution in [0.4, 0.5) is 5.82 Å². The molecule has 0 bridgehead atoms. The van der Waals surface area contributed by atoms with E-state index in [9.17, 15) is 9.00 Å². The first-order valence-corrected chi connectivity index (χ1v) is 9.34. The lowest BCUT2D eigenvalue weighted by Gasteiger charge is -2.23. The molecule has 0 unspecified atom stereocenters. The van der Waals surface area contributed by atoms with Crippen LogP contribution in [-0.2, 0) is 32.6 Å². The van der Waals surface area contributed by atoms with E-state index in [4.69, 9.17) is 0 Å². The maximum absolute atomic E-state index is 12.3. The summed E-state index contributed by atoms with van der Waals surface area (Å²) in [5.41, 5.74) is 2.41. The number of nitrogens with zero attached hydrogens (tertiary/aromatic N) is 2. The topological polar surface area (TPSA) is 64.0 Å². The number of hydrogen-bond donors (Lipinski definition) is 1. The third-order valence-corrected chi connectivity index (χ3v) is 4.98. The number of amides is 1. The average molecular weight is 343 g/mol. The summed E-state index contributed by atoms with van der Waals surface area (Å²) in [6.45, 7) is 6.09. The van der Waals surface area contributed by atoms with Gasteiger partial charge in [-0.3, -0.25) is 9.00 Å². The van der Waals surface area contributed by atoms with Crippen LogP contribution in [0.1, 0.15) is 37.6 Å². The number of carbonyl (C=O) groups excluding carboxylic acids is 1. The second-order valence-electron chi connectivity index (χ2n) is 6.82. The minimum atomic E-state index is -0.927. The number of carbonyl (C=O) groups is 1. The molecule has 2 heterocycles. The van der Waals surface area contributed by atoms with E-state index in [1.807, 2.05) is 55.8 Å². The zero-order valence-electron chi connectivity index (χ0n) is 14.1. The van der Waals surface area contributed by atoms with Gasteiger partial charge in [-0.25, -0.2) is 4.68 Å². The van der Waals surface area contributed by atoms with Gasteiger partial charge in [-0.15, -0.1) is 0 Å². The second kappa shape index (κ2) is 6.36. The minimum absolute atomic E-state index is 0.218. The van der Waals surface area contributed by atoms with E-state index in [1.165, 1.54) is 6.08 Å². The highest BCUT2D eigenvalue weighted by atomic mass is 32.2. The number of rotatable bonds is 3. The van der Waals surface area contributed by atoms with Crippen molar-refractivity contribution in [1.29, 1.82) is 0 Å². The summed E-state index contributed by atoms with van der Waals surface area (Å²) in [6.07, 6.45) is 3.28. The molecule has 24 heavy (non-hydrogen) atoms. The summed E-state index contributed by atoms with van der Waals surface area (Å²) < 4.78 is 13.6. The molecule has 2 aromatic rings. The number of anilines is 1. The predicted molar refractivity (Wildman–Crippen MR) is 96.9 cm³/mol. The molecular formula is C18H21N3O2S. The van der Waals surface area contributed by atoms with Crippen molar-refractivity contribution in [3.63, 3.8) is 0 Å². The second-order valence-corrected chi connectivity index (χ2v) is 8.28. The Balaban J connectivity index is 1.85. The van der Waals surface area contributed by atoms with E-state index in [2.05, 4.69) is 10.4 Å². The van der Waals surface area contributed by atoms with Gasteiger partial charge in [-0.1, -0.05) is 30.3 Å². The van der Waals surface area contributed by atoms with Crippen LogP contribution in [0.3, 0.4) is 0 Å². The maximum Gasteiger partial charge on any atom is 0.249 e. The Morgan fingerprint density at radius 2 is 1.96 bits per heavy atom. The first-order valence-electron chi connectivity index (χ1n) is 7.85. The molecule has 1 aromatic carbocycles. The summed E-state index contributed by atoms with van der Waals surface area (Å²) >= 11 is 0. The molecule has 0 fully saturated rings. The van der Waals surface area contributed by atoms with Gasteiger partial charge in [0, 0.05) is 22.4 Å². The van der Waals surface area contributed by atoms with E-state index in [1.54, 1.807) is 6.08 Å². The predicted octanol–water partition coefficient (Wildman–Crippen LogP) is 3.05. The molecule has 1 atom stereocenters. The SMILES string of the molecule is CC(C)(C)n1nc2c(c1NC(=O)C=Cc1ccccc1)C[S@@](=O)C2. The van der Waals surface area contributed by atoms with Crippen molar-refractivity contribution in [2.45, 2.75) is 37.8 Å². The third-order valence-electron chi connectivity index (χ3n) is 3.77. The van der Waals surface area contributed by atoms with Gasteiger partial charge >= 0.3 is 0 Å². The standard InChI is InChI=1S/C18H21N3O2S/c1-18(2,3)21-17(14-11-24(23)12-15(14)20-21)19-16(22)10-9-13-7-5-4-6-8-13/h4-10H,11-12H2,1-3H3,(H,19,22)/t24-/m1/s1. The largest absolute Gasteiger partial charge is 0.307 e. The summed E-state index contributed by atoms with van der Waals surface area (Å²) in [7, 11) is -0.927. The molecular weight excluding hydrogens is 322 g/mol. The molecule has 5 nitrogen and oxygen atoms in total. The van der Waals surface area contributed by atoms with Gasteiger partial charge in [0.05, 0.1) is 22.7 Å². The Kier molecular flexibility index (Phi) is 4.41. The molecule has 0 radical (unpaired) electrons. The van der Waals surface area contributed by atoms with Crippen LogP contribution >= 0.6 is 0 Å². The Hall–Kier alpha value is -2.21. The van der Waals surface area contributed by atoms with Crippen molar-refractivity contribution in [3.05, 3.63) is 53.2 Å². The molecule has 0 saturated carbocycles. The van der Waals surface area contributed by atoms with Crippen LogP contribution in [-0.4, -0.2) is 19.9 Å². The first-order chi connectivity index (χ1) is 11.3. The van der Waals surface area contributed by atoms with Crippen LogP contribution in [0.2, 0.25) is 0 Å². The van der Waals surface area contributed by atoms with Crippen molar-refractivity contribution >= 4 is 28.6 Å². The lowest BCUT2D eigenvalue weighted by molar-refractivity contribution is -0.111. The molecule has 1 aliphatic rings. The fourth-order valence-corrected chi connectivity index (χ4v) is 3.90. The van der Waals surface area contributed by atoms with Crippen LogP contribution in [0.5, 0.6) is 0 Å². The Labute approximate surface area is 144 Å². The highest BCUT2D eigenvalue weighted by Gasteiger charge is 2.31. The van der Waals surface area contributed by atoms with E-state index in [-0.39, 0.29) is 11.4 Å². The van der Waals surface area contributed by atoms with Crippen LogP contribution in [0, 0.1) is 0 Å². The maximum atomic E-state index is 12.3. The molecule has 1 aromatic heterocycles. The first kappa shape index (κ1) is 16.6. The van der Waals surface area contributed by atoms with Gasteiger partial charge in [-0.05, 0) is 32.4 Å². The minimum Gasteiger partial charge on any atom is -0.307 e. The van der Waals surface area contributed by atoms with Gasteiger partial charge in [0.2, 0.25) is 5.91 Å². The van der Waals surface area contributed by atoms with Gasteiger partial charge in [-0.2, -0.15) is 5.10 Å². The molecule has 0 spiro atoms. The molecule has 0 saturated heterocycles. The lowest BCUT2D eigenvalue weighted by Crippen LogP contribution is -2.27. The molecule has 0 aliphatic carbocycles. The average Bonchev–Trinajstić information content (AvgIpc) is 3.03. The van der Waals surface area contributed by atoms with E-state index >= 15 is 0 Å². The van der Waals surface area contributed by atoms with Crippen LogP contribution < -0.4 is 5.32 Å². The quantitative estimate of drug-likeness (QED) is 0.871. The normalized spacial score (nSPS) is 17.2. The van der Waals surface area contributed by atoms with Crippen molar-refractivity contribution in [3.8, 4) is 0 Å². The monoisotopic (exact) mass is 343 g/mol. The molecule has 3 rings (SSSR count). The number of nitrogens with one attached hydrogen (secondary N) is 1. The number of aromatic nitrogens is 2. The van der Waals surface area contributed by atoms with Gasteiger partial charge in [0.15, 0.2) is 0 Å². The van der Waals surface area contributed by atoms with Crippen LogP contribution in [0.15, 0.2) is 36.4 Å². The van der Waals surface area contributed by atoms with Gasteiger partial charge in [0.25, 0.3) is 0 Å². The third kappa shape index (κ3) is 3.48. The summed E-state index contributed by atoms with van der Waals surface area (Å²) in [5.74, 6) is 1.35. The summed E-state index contributed by atoms with van der Waals surface area (Å²) in [6, 6.07) is 9.65. The Morgan fingerprint density at radius 3 is 2.62 bits per heavy atom. The van der Waals surface area contributed by atoms with Gasteiger partial charge in [0.1, 0.15) is 5.82 Å². The lowest BCUT2D eigenvalue weighted by atomic mass is 10.1. The van der Waals surface area contributed by atoms with Crippen LogP contribution in [0.25, 0.3) is 6.08 Å². The Morgan fingerprint density at radius 1 is 1.25 bits per heavy atom. The fraction of sp³-hybridized carbons (Fsp3) is 0.333. The zero-order valence-corrected chi connectivity index (χ0v) is 14.9. The summed E-state index contributed by atoms with van der Waals surface area (Å²) in [4.78, 5) is 12.3. The highest BCUT2D eigenvalue weighted by Crippen LogP contribution is 2.32. The van der Waals surface area contributed by atoms with Crippen molar-refractivity contribution in [2.75, 3.05) is 5.32 Å². The molecule has 6 heteroatoms. The van der Waals surface area contributed by atoms with E-state index in [0.29, 0.717) is 17.3 Å². The number of hydrogen-bond acceptors (Lipinski definition) is 3. The Bertz CT molecular complexity index is 817. The highest BCUT2D eigenvalue weighted by molar-refractivity contribution is 7.83. The smallest absolute Gasteiger partial charge is 0.249 e. The molecule has 126 valence electrons. The summed E-state index contributed by atoms with van der Waals surface area (Å²) in [5, 5.41) is 7.50.